The smallest absolute Gasteiger partial charge is 0.267 e. The van der Waals surface area contributed by atoms with Gasteiger partial charge in [0.1, 0.15) is 22.6 Å². The molecule has 0 fully saturated rings. The van der Waals surface area contributed by atoms with Gasteiger partial charge in [0.05, 0.1) is 17.6 Å². The summed E-state index contributed by atoms with van der Waals surface area (Å²) >= 11 is 2.43. The minimum atomic E-state index is -0.613. The van der Waals surface area contributed by atoms with E-state index >= 15 is 0 Å². The van der Waals surface area contributed by atoms with Crippen LogP contribution in [0.5, 0.6) is 0 Å². The molecule has 37 heavy (non-hydrogen) atoms. The van der Waals surface area contributed by atoms with Crippen molar-refractivity contribution in [2.75, 3.05) is 19.0 Å². The van der Waals surface area contributed by atoms with Crippen molar-refractivity contribution in [3.63, 3.8) is 0 Å². The summed E-state index contributed by atoms with van der Waals surface area (Å²) in [6, 6.07) is 13.0. The summed E-state index contributed by atoms with van der Waals surface area (Å²) in [4.78, 5) is 31.0. The van der Waals surface area contributed by atoms with Crippen LogP contribution in [-0.2, 0) is 17.0 Å². The number of fused-ring (bicyclic) bond motifs is 2. The highest BCUT2D eigenvalue weighted by Crippen LogP contribution is 2.29. The lowest BCUT2D eigenvalue weighted by atomic mass is 10.2. The number of carbonyl (C=O) groups excluding carboxylic acids is 1. The molecule has 0 spiro atoms. The molecule has 1 aromatic carbocycles. The van der Waals surface area contributed by atoms with Gasteiger partial charge < -0.3 is 9.30 Å². The molecule has 0 aliphatic carbocycles. The van der Waals surface area contributed by atoms with Gasteiger partial charge in [-0.3, -0.25) is 24.7 Å². The van der Waals surface area contributed by atoms with Crippen LogP contribution in [0.4, 0.5) is 9.52 Å². The second-order valence-corrected chi connectivity index (χ2v) is 10.0. The lowest BCUT2D eigenvalue weighted by Crippen LogP contribution is -2.33. The summed E-state index contributed by atoms with van der Waals surface area (Å²) in [5.74, 6) is -0.550. The number of methoxy groups -OCH3 is 1. The SMILES string of the molecule is COCCn1c(=N)c(C(=O)Nc2nnc(SCc3ccccc3F)s2)cc2c(=O)n3ccccc3nc21. The van der Waals surface area contributed by atoms with E-state index in [0.717, 1.165) is 11.3 Å². The molecule has 13 heteroatoms. The van der Waals surface area contributed by atoms with E-state index in [-0.39, 0.29) is 51.7 Å². The first kappa shape index (κ1) is 24.7. The van der Waals surface area contributed by atoms with E-state index in [2.05, 4.69) is 20.5 Å². The predicted octanol–water partition coefficient (Wildman–Crippen LogP) is 3.31. The Bertz CT molecular complexity index is 1750. The molecule has 1 amide bonds. The van der Waals surface area contributed by atoms with Gasteiger partial charge in [-0.05, 0) is 29.8 Å². The molecule has 0 aliphatic heterocycles. The van der Waals surface area contributed by atoms with E-state index in [1.54, 1.807) is 42.6 Å². The molecule has 2 N–H and O–H groups in total. The van der Waals surface area contributed by atoms with Gasteiger partial charge in [0.2, 0.25) is 5.13 Å². The number of hydrogen-bond acceptors (Lipinski definition) is 9. The molecule has 0 saturated heterocycles. The Labute approximate surface area is 217 Å². The van der Waals surface area contributed by atoms with Crippen LogP contribution in [0.15, 0.2) is 63.9 Å². The first-order chi connectivity index (χ1) is 18.0. The van der Waals surface area contributed by atoms with Crippen LogP contribution < -0.4 is 16.4 Å². The molecule has 4 aromatic heterocycles. The van der Waals surface area contributed by atoms with Crippen molar-refractivity contribution in [1.29, 1.82) is 5.41 Å². The average Bonchev–Trinajstić information content (AvgIpc) is 3.35. The zero-order valence-corrected chi connectivity index (χ0v) is 21.1. The largest absolute Gasteiger partial charge is 0.383 e. The Hall–Kier alpha value is -3.94. The Morgan fingerprint density at radius 2 is 2.03 bits per heavy atom. The number of thioether (sulfide) groups is 1. The van der Waals surface area contributed by atoms with Crippen molar-refractivity contribution in [1.82, 2.24) is 24.1 Å². The number of nitrogens with one attached hydrogen (secondary N) is 2. The predicted molar refractivity (Wildman–Crippen MR) is 139 cm³/mol. The Kier molecular flexibility index (Phi) is 7.08. The van der Waals surface area contributed by atoms with Crippen molar-refractivity contribution in [3.05, 3.63) is 87.5 Å². The molecule has 5 aromatic rings. The van der Waals surface area contributed by atoms with E-state index < -0.39 is 5.91 Å². The lowest BCUT2D eigenvalue weighted by molar-refractivity contribution is 0.102. The number of halogens is 1. The summed E-state index contributed by atoms with van der Waals surface area (Å²) in [7, 11) is 1.53. The molecule has 0 bridgehead atoms. The normalized spacial score (nSPS) is 11.3. The molecule has 10 nitrogen and oxygen atoms in total. The number of pyridine rings is 2. The van der Waals surface area contributed by atoms with Gasteiger partial charge in [0.15, 0.2) is 4.34 Å². The second-order valence-electron chi connectivity index (χ2n) is 7.84. The first-order valence-corrected chi connectivity index (χ1v) is 12.9. The monoisotopic (exact) mass is 537 g/mol. The number of ether oxygens (including phenoxy) is 1. The van der Waals surface area contributed by atoms with Crippen LogP contribution >= 0.6 is 23.1 Å². The fraction of sp³-hybridized carbons (Fsp3) is 0.167. The van der Waals surface area contributed by atoms with Crippen LogP contribution in [-0.4, -0.2) is 43.8 Å². The number of aromatic nitrogens is 5. The van der Waals surface area contributed by atoms with Gasteiger partial charge in [-0.25, -0.2) is 9.37 Å². The zero-order chi connectivity index (χ0) is 25.9. The molecule has 4 heterocycles. The zero-order valence-electron chi connectivity index (χ0n) is 19.5. The molecule has 0 saturated carbocycles. The molecule has 0 radical (unpaired) electrons. The summed E-state index contributed by atoms with van der Waals surface area (Å²) in [6.45, 7) is 0.476. The van der Waals surface area contributed by atoms with Gasteiger partial charge >= 0.3 is 0 Å². The van der Waals surface area contributed by atoms with Gasteiger partial charge in [-0.15, -0.1) is 10.2 Å². The van der Waals surface area contributed by atoms with Crippen molar-refractivity contribution in [2.45, 2.75) is 16.6 Å². The van der Waals surface area contributed by atoms with Crippen LogP contribution in [0.1, 0.15) is 15.9 Å². The van der Waals surface area contributed by atoms with E-state index in [9.17, 15) is 14.0 Å². The summed E-state index contributed by atoms with van der Waals surface area (Å²) < 4.78 is 22.5. The molecule has 0 unspecified atom stereocenters. The number of nitrogens with zero attached hydrogens (tertiary/aromatic N) is 5. The minimum Gasteiger partial charge on any atom is -0.383 e. The fourth-order valence-electron chi connectivity index (χ4n) is 3.70. The summed E-state index contributed by atoms with van der Waals surface area (Å²) in [6.07, 6.45) is 1.60. The van der Waals surface area contributed by atoms with Gasteiger partial charge in [0.25, 0.3) is 11.5 Å². The Balaban J connectivity index is 1.46. The third kappa shape index (κ3) is 5.01. The topological polar surface area (TPSA) is 127 Å². The molecule has 0 atom stereocenters. The third-order valence-electron chi connectivity index (χ3n) is 5.52. The highest BCUT2D eigenvalue weighted by atomic mass is 32.2. The summed E-state index contributed by atoms with van der Waals surface area (Å²) in [5, 5.41) is 19.8. The Morgan fingerprint density at radius 1 is 1.22 bits per heavy atom. The van der Waals surface area contributed by atoms with Crippen LogP contribution in [0.25, 0.3) is 16.7 Å². The van der Waals surface area contributed by atoms with Crippen molar-refractivity contribution >= 4 is 50.8 Å². The maximum absolute atomic E-state index is 13.9. The van der Waals surface area contributed by atoms with Crippen molar-refractivity contribution < 1.29 is 13.9 Å². The van der Waals surface area contributed by atoms with Gasteiger partial charge in [0, 0.05) is 25.6 Å². The van der Waals surface area contributed by atoms with Gasteiger partial charge in [-0.2, -0.15) is 0 Å². The number of amides is 1. The standard InChI is InChI=1S/C24H20FN7O3S2/c1-35-11-10-32-19(26)15(12-16-20(32)27-18-8-4-5-9-31(18)22(16)34)21(33)28-23-29-30-24(37-23)36-13-14-6-2-3-7-17(14)25/h2-9,12,26H,10-11,13H2,1H3,(H,28,29,33). The quantitative estimate of drug-likeness (QED) is 0.177. The second kappa shape index (κ2) is 10.6. The molecule has 0 aliphatic rings. The highest BCUT2D eigenvalue weighted by molar-refractivity contribution is 8.00. The summed E-state index contributed by atoms with van der Waals surface area (Å²) in [5.41, 5.74) is 0.761. The van der Waals surface area contributed by atoms with E-state index in [1.807, 2.05) is 0 Å². The number of rotatable bonds is 8. The molecular formula is C24H20FN7O3S2. The molecule has 188 valence electrons. The van der Waals surface area contributed by atoms with Crippen LogP contribution in [0, 0.1) is 11.2 Å². The molecular weight excluding hydrogens is 517 g/mol. The maximum Gasteiger partial charge on any atom is 0.267 e. The fourth-order valence-corrected chi connectivity index (χ4v) is 5.43. The lowest BCUT2D eigenvalue weighted by Gasteiger charge is -2.14. The third-order valence-corrected chi connectivity index (χ3v) is 7.54. The van der Waals surface area contributed by atoms with E-state index in [4.69, 9.17) is 10.1 Å². The highest BCUT2D eigenvalue weighted by Gasteiger charge is 2.19. The number of benzene rings is 1. The maximum atomic E-state index is 13.9. The number of anilines is 1. The average molecular weight is 538 g/mol. The number of carbonyl (C=O) groups is 1. The van der Waals surface area contributed by atoms with Crippen molar-refractivity contribution in [3.8, 4) is 0 Å². The van der Waals surface area contributed by atoms with Crippen molar-refractivity contribution in [2.24, 2.45) is 0 Å². The van der Waals surface area contributed by atoms with Gasteiger partial charge in [-0.1, -0.05) is 47.4 Å². The van der Waals surface area contributed by atoms with E-state index in [0.29, 0.717) is 21.3 Å². The van der Waals surface area contributed by atoms with Crippen LogP contribution in [0.2, 0.25) is 0 Å². The van der Waals surface area contributed by atoms with E-state index in [1.165, 1.54) is 40.0 Å². The van der Waals surface area contributed by atoms with Crippen LogP contribution in [0.3, 0.4) is 0 Å². The number of hydrogen-bond donors (Lipinski definition) is 2. The first-order valence-electron chi connectivity index (χ1n) is 11.1. The molecule has 5 rings (SSSR count). The minimum absolute atomic E-state index is 0.0193. The Morgan fingerprint density at radius 3 is 2.84 bits per heavy atom.